The number of Topliss-reactive ketones (excluding diaryl/α,β-unsaturated/α-hetero) is 1. The summed E-state index contributed by atoms with van der Waals surface area (Å²) >= 11 is 0. The Kier molecular flexibility index (Phi) is 7.14. The van der Waals surface area contributed by atoms with Gasteiger partial charge in [0.2, 0.25) is 5.60 Å². The minimum atomic E-state index is -2.21. The second-order valence-corrected chi connectivity index (χ2v) is 14.5. The van der Waals surface area contributed by atoms with Gasteiger partial charge in [0, 0.05) is 12.3 Å². The molecule has 0 aromatic carbocycles. The van der Waals surface area contributed by atoms with Gasteiger partial charge >= 0.3 is 29.8 Å². The molecule has 1 N–H and O–H groups in total. The number of cyclic esters (lactones) is 3. The third kappa shape index (κ3) is 3.58. The molecular formula is C33H42O13. The van der Waals surface area contributed by atoms with E-state index in [0.29, 0.717) is 0 Å². The number of hydrogen-bond acceptors (Lipinski definition) is 13. The molecule has 4 heterocycles. The molecule has 252 valence electrons. The van der Waals surface area contributed by atoms with Gasteiger partial charge in [0.25, 0.3) is 0 Å². The summed E-state index contributed by atoms with van der Waals surface area (Å²) in [7, 11) is 0. The molecule has 0 aromatic heterocycles. The standard InChI is InChI=1S/C33H42O13/c1-15(2)28(9)24(42-19(6)35)32-17(4)31(13-20(36)23(38)44-27(31,7)8)14-21(43-22(37)12-16(3)34)29(32,10)30(11)25(39)41-18(5)33(30,46-32)26(40)45-28/h18,20-21,24,36H,1,4,12-14H2,2-3,5-11H3/t18-,20?,21-,24-,28+,29-,30+,31+,32?,33-/m0/s1. The lowest BCUT2D eigenvalue weighted by atomic mass is 9.39. The van der Waals surface area contributed by atoms with Gasteiger partial charge in [-0.3, -0.25) is 19.2 Å². The molecule has 2 unspecified atom stereocenters. The Balaban J connectivity index is 1.97. The van der Waals surface area contributed by atoms with E-state index in [1.807, 2.05) is 0 Å². The Morgan fingerprint density at radius 2 is 1.54 bits per heavy atom. The highest BCUT2D eigenvalue weighted by molar-refractivity contribution is 5.98. The average Bonchev–Trinajstić information content (AvgIpc) is 3.20. The van der Waals surface area contributed by atoms with Crippen LogP contribution in [-0.2, 0) is 57.2 Å². The number of fused-ring (bicyclic) bond motifs is 1. The minimum Gasteiger partial charge on any atom is -0.461 e. The van der Waals surface area contributed by atoms with Crippen LogP contribution in [0, 0.1) is 16.2 Å². The first-order valence-corrected chi connectivity index (χ1v) is 15.2. The van der Waals surface area contributed by atoms with Crippen molar-refractivity contribution in [3.8, 4) is 0 Å². The van der Waals surface area contributed by atoms with E-state index in [1.54, 1.807) is 27.7 Å². The predicted molar refractivity (Wildman–Crippen MR) is 155 cm³/mol. The van der Waals surface area contributed by atoms with E-state index in [-0.39, 0.29) is 24.0 Å². The molecule has 0 amide bonds. The Morgan fingerprint density at radius 3 is 2.09 bits per heavy atom. The summed E-state index contributed by atoms with van der Waals surface area (Å²) in [6.45, 7) is 21.6. The first kappa shape index (κ1) is 33.8. The van der Waals surface area contributed by atoms with E-state index in [2.05, 4.69) is 13.2 Å². The third-order valence-electron chi connectivity index (χ3n) is 11.9. The Hall–Kier alpha value is -3.58. The maximum atomic E-state index is 14.6. The van der Waals surface area contributed by atoms with Crippen LogP contribution in [0.5, 0.6) is 0 Å². The van der Waals surface area contributed by atoms with Crippen molar-refractivity contribution >= 4 is 35.6 Å². The number of hydrogen-bond donors (Lipinski definition) is 1. The van der Waals surface area contributed by atoms with Crippen LogP contribution in [0.1, 0.15) is 81.6 Å². The van der Waals surface area contributed by atoms with Crippen molar-refractivity contribution in [3.63, 3.8) is 0 Å². The molecule has 0 radical (unpaired) electrons. The largest absolute Gasteiger partial charge is 0.461 e. The fourth-order valence-corrected chi connectivity index (χ4v) is 9.10. The van der Waals surface area contributed by atoms with Crippen LogP contribution >= 0.6 is 0 Å². The monoisotopic (exact) mass is 646 g/mol. The molecule has 3 spiro atoms. The van der Waals surface area contributed by atoms with Gasteiger partial charge in [-0.2, -0.15) is 0 Å². The van der Waals surface area contributed by atoms with Gasteiger partial charge in [0.1, 0.15) is 41.0 Å². The summed E-state index contributed by atoms with van der Waals surface area (Å²) in [5.41, 5.74) is -12.6. The van der Waals surface area contributed by atoms with Crippen LogP contribution in [0.2, 0.25) is 0 Å². The normalized spacial score (nSPS) is 45.4. The molecule has 5 fully saturated rings. The van der Waals surface area contributed by atoms with Crippen molar-refractivity contribution in [2.75, 3.05) is 0 Å². The molecule has 13 nitrogen and oxygen atoms in total. The number of aliphatic hydroxyl groups excluding tert-OH is 1. The zero-order valence-electron chi connectivity index (χ0n) is 27.7. The van der Waals surface area contributed by atoms with E-state index in [0.717, 1.165) is 6.92 Å². The van der Waals surface area contributed by atoms with Crippen LogP contribution in [0.15, 0.2) is 24.3 Å². The van der Waals surface area contributed by atoms with E-state index in [9.17, 15) is 33.9 Å². The van der Waals surface area contributed by atoms with Gasteiger partial charge in [-0.05, 0) is 72.5 Å². The molecule has 4 saturated heterocycles. The van der Waals surface area contributed by atoms with Gasteiger partial charge in [0.05, 0.1) is 5.41 Å². The molecule has 1 saturated carbocycles. The molecular weight excluding hydrogens is 604 g/mol. The summed E-state index contributed by atoms with van der Waals surface area (Å²) < 4.78 is 37.0. The lowest BCUT2D eigenvalue weighted by Crippen LogP contribution is -2.77. The first-order chi connectivity index (χ1) is 21.0. The maximum absolute atomic E-state index is 14.6. The molecule has 13 heteroatoms. The summed E-state index contributed by atoms with van der Waals surface area (Å²) in [5.74, 6) is -5.01. The van der Waals surface area contributed by atoms with Crippen molar-refractivity contribution < 1.29 is 62.3 Å². The van der Waals surface area contributed by atoms with Crippen molar-refractivity contribution in [3.05, 3.63) is 24.3 Å². The van der Waals surface area contributed by atoms with Crippen molar-refractivity contribution in [1.29, 1.82) is 0 Å². The second-order valence-electron chi connectivity index (χ2n) is 14.5. The summed E-state index contributed by atoms with van der Waals surface area (Å²) in [5, 5.41) is 11.0. The summed E-state index contributed by atoms with van der Waals surface area (Å²) in [6.07, 6.45) is -7.05. The number of ketones is 1. The van der Waals surface area contributed by atoms with E-state index < -0.39 is 105 Å². The minimum absolute atomic E-state index is 0.116. The molecule has 4 aliphatic heterocycles. The van der Waals surface area contributed by atoms with Gasteiger partial charge in [-0.15, -0.1) is 0 Å². The summed E-state index contributed by atoms with van der Waals surface area (Å²) in [4.78, 5) is 80.0. The van der Waals surface area contributed by atoms with E-state index in [4.69, 9.17) is 28.4 Å². The number of ether oxygens (including phenoxy) is 6. The molecule has 2 bridgehead atoms. The Morgan fingerprint density at radius 1 is 0.935 bits per heavy atom. The van der Waals surface area contributed by atoms with Gasteiger partial charge < -0.3 is 33.5 Å². The second kappa shape index (κ2) is 9.72. The molecule has 0 aromatic rings. The molecule has 10 atom stereocenters. The fourth-order valence-electron chi connectivity index (χ4n) is 9.10. The van der Waals surface area contributed by atoms with Crippen molar-refractivity contribution in [1.82, 2.24) is 0 Å². The van der Waals surface area contributed by atoms with E-state index >= 15 is 0 Å². The number of rotatable bonds is 5. The quantitative estimate of drug-likeness (QED) is 0.199. The zero-order chi connectivity index (χ0) is 34.8. The van der Waals surface area contributed by atoms with Crippen molar-refractivity contribution in [2.45, 2.75) is 128 Å². The molecule has 1 aliphatic carbocycles. The SMILES string of the molecule is C=C1C23O[C@]4(C(=O)O[C@](C)(C(=C)C)[C@@H]2OC(C)=O)[C@H](C)OC(=O)[C@]4(C)[C@]3(C)[C@@H](OC(=O)CC(C)=O)C[C@]12CC(O)C(=O)OC2(C)C. The summed E-state index contributed by atoms with van der Waals surface area (Å²) in [6, 6.07) is 0. The van der Waals surface area contributed by atoms with Gasteiger partial charge in [-0.25, -0.2) is 9.59 Å². The van der Waals surface area contributed by atoms with Crippen LogP contribution in [-0.4, -0.2) is 87.6 Å². The predicted octanol–water partition coefficient (Wildman–Crippen LogP) is 2.20. The number of esters is 5. The molecule has 5 rings (SSSR count). The fraction of sp³-hybridized carbons (Fsp3) is 0.697. The highest BCUT2D eigenvalue weighted by Gasteiger charge is 2.95. The number of aliphatic hydroxyl groups is 1. The maximum Gasteiger partial charge on any atom is 0.344 e. The number of carbonyl (C=O) groups excluding carboxylic acids is 6. The Bertz CT molecular complexity index is 1510. The topological polar surface area (TPSA) is 178 Å². The van der Waals surface area contributed by atoms with Crippen molar-refractivity contribution in [2.24, 2.45) is 16.2 Å². The zero-order valence-corrected chi connectivity index (χ0v) is 27.7. The Labute approximate surface area is 266 Å². The van der Waals surface area contributed by atoms with Gasteiger partial charge in [-0.1, -0.05) is 20.1 Å². The van der Waals surface area contributed by atoms with Crippen LogP contribution in [0.3, 0.4) is 0 Å². The molecule has 5 aliphatic rings. The molecule has 46 heavy (non-hydrogen) atoms. The van der Waals surface area contributed by atoms with Crippen LogP contribution in [0.4, 0.5) is 0 Å². The lowest BCUT2D eigenvalue weighted by Gasteiger charge is -2.66. The lowest BCUT2D eigenvalue weighted by molar-refractivity contribution is -0.266. The highest BCUT2D eigenvalue weighted by Crippen LogP contribution is 2.79. The third-order valence-corrected chi connectivity index (χ3v) is 11.9. The van der Waals surface area contributed by atoms with Crippen LogP contribution in [0.25, 0.3) is 0 Å². The smallest absolute Gasteiger partial charge is 0.344 e. The van der Waals surface area contributed by atoms with Gasteiger partial charge in [0.15, 0.2) is 17.8 Å². The first-order valence-electron chi connectivity index (χ1n) is 15.2. The van der Waals surface area contributed by atoms with Crippen LogP contribution < -0.4 is 0 Å². The van der Waals surface area contributed by atoms with E-state index in [1.165, 1.54) is 27.7 Å². The average molecular weight is 647 g/mol. The number of carbonyl (C=O) groups is 6. The highest BCUT2D eigenvalue weighted by atomic mass is 16.7.